The van der Waals surface area contributed by atoms with Gasteiger partial charge in [0.1, 0.15) is 6.04 Å². The average molecular weight is 449 g/mol. The van der Waals surface area contributed by atoms with Crippen molar-refractivity contribution in [2.24, 2.45) is 0 Å². The number of halogens is 1. The van der Waals surface area contributed by atoms with Crippen LogP contribution in [0.25, 0.3) is 0 Å². The molecule has 1 unspecified atom stereocenters. The lowest BCUT2D eigenvalue weighted by atomic mass is 10.1. The first-order valence-electron chi connectivity index (χ1n) is 8.79. The van der Waals surface area contributed by atoms with Crippen LogP contribution in [-0.2, 0) is 21.9 Å². The van der Waals surface area contributed by atoms with Gasteiger partial charge in [0, 0.05) is 23.8 Å². The van der Waals surface area contributed by atoms with Crippen molar-refractivity contribution in [2.45, 2.75) is 32.2 Å². The van der Waals surface area contributed by atoms with E-state index in [1.54, 1.807) is 30.6 Å². The molecule has 2 rings (SSSR count). The molecule has 0 fully saturated rings. The Kier molecular flexibility index (Phi) is 8.38. The SMILES string of the molecule is CNC(=O)C(C)N(Cc1cccc(C)c1)C(=O)CSCc1ccc(Br)cc1. The van der Waals surface area contributed by atoms with Crippen LogP contribution in [-0.4, -0.2) is 35.6 Å². The van der Waals surface area contributed by atoms with Crippen molar-refractivity contribution in [1.29, 1.82) is 0 Å². The van der Waals surface area contributed by atoms with Crippen molar-refractivity contribution >= 4 is 39.5 Å². The van der Waals surface area contributed by atoms with Crippen LogP contribution in [0.1, 0.15) is 23.6 Å². The molecule has 0 saturated carbocycles. The van der Waals surface area contributed by atoms with Crippen LogP contribution < -0.4 is 5.32 Å². The predicted octanol–water partition coefficient (Wildman–Crippen LogP) is 4.15. The Balaban J connectivity index is 2.03. The molecule has 2 aromatic rings. The fourth-order valence-corrected chi connectivity index (χ4v) is 3.85. The molecule has 0 spiro atoms. The number of hydrogen-bond acceptors (Lipinski definition) is 3. The highest BCUT2D eigenvalue weighted by atomic mass is 79.9. The number of aryl methyl sites for hydroxylation is 1. The minimum atomic E-state index is -0.517. The summed E-state index contributed by atoms with van der Waals surface area (Å²) in [6.07, 6.45) is 0. The minimum absolute atomic E-state index is 0.0327. The second-order valence-electron chi connectivity index (χ2n) is 6.42. The number of amides is 2. The van der Waals surface area contributed by atoms with E-state index < -0.39 is 6.04 Å². The number of nitrogens with one attached hydrogen (secondary N) is 1. The molecular formula is C21H25BrN2O2S. The minimum Gasteiger partial charge on any atom is -0.357 e. The van der Waals surface area contributed by atoms with E-state index in [-0.39, 0.29) is 11.8 Å². The number of likely N-dealkylation sites (N-methyl/N-ethyl adjacent to an activating group) is 1. The summed E-state index contributed by atoms with van der Waals surface area (Å²) in [5, 5.41) is 2.64. The normalized spacial score (nSPS) is 11.7. The van der Waals surface area contributed by atoms with Gasteiger partial charge in [-0.2, -0.15) is 0 Å². The third kappa shape index (κ3) is 6.70. The third-order valence-electron chi connectivity index (χ3n) is 4.26. The summed E-state index contributed by atoms with van der Waals surface area (Å²) in [5.74, 6) is 0.901. The third-order valence-corrected chi connectivity index (χ3v) is 5.77. The molecule has 6 heteroatoms. The van der Waals surface area contributed by atoms with Crippen LogP contribution in [0, 0.1) is 6.92 Å². The van der Waals surface area contributed by atoms with Crippen molar-refractivity contribution in [3.05, 3.63) is 69.7 Å². The quantitative estimate of drug-likeness (QED) is 0.659. The Morgan fingerprint density at radius 3 is 2.48 bits per heavy atom. The molecular weight excluding hydrogens is 424 g/mol. The van der Waals surface area contributed by atoms with E-state index in [0.717, 1.165) is 21.4 Å². The van der Waals surface area contributed by atoms with Gasteiger partial charge in [0.05, 0.1) is 5.75 Å². The first-order valence-corrected chi connectivity index (χ1v) is 10.7. The van der Waals surface area contributed by atoms with Crippen LogP contribution in [0.15, 0.2) is 53.0 Å². The smallest absolute Gasteiger partial charge is 0.242 e. The van der Waals surface area contributed by atoms with Crippen LogP contribution in [0.4, 0.5) is 0 Å². The highest BCUT2D eigenvalue weighted by molar-refractivity contribution is 9.10. The van der Waals surface area contributed by atoms with Gasteiger partial charge in [0.2, 0.25) is 11.8 Å². The summed E-state index contributed by atoms with van der Waals surface area (Å²) in [6, 6.07) is 15.6. The standard InChI is InChI=1S/C21H25BrN2O2S/c1-15-5-4-6-18(11-15)12-24(16(2)21(26)23-3)20(25)14-27-13-17-7-9-19(22)10-8-17/h4-11,16H,12-14H2,1-3H3,(H,23,26). The van der Waals surface area contributed by atoms with Gasteiger partial charge in [-0.05, 0) is 37.1 Å². The largest absolute Gasteiger partial charge is 0.357 e. The maximum atomic E-state index is 12.9. The molecule has 1 N–H and O–H groups in total. The molecule has 0 aliphatic carbocycles. The zero-order chi connectivity index (χ0) is 19.8. The number of thioether (sulfide) groups is 1. The van der Waals surface area contributed by atoms with E-state index in [0.29, 0.717) is 12.3 Å². The molecule has 0 aliphatic heterocycles. The highest BCUT2D eigenvalue weighted by Crippen LogP contribution is 2.18. The van der Waals surface area contributed by atoms with Crippen LogP contribution in [0.3, 0.4) is 0 Å². The fourth-order valence-electron chi connectivity index (χ4n) is 2.72. The molecule has 0 heterocycles. The lowest BCUT2D eigenvalue weighted by Gasteiger charge is -2.28. The number of nitrogens with zero attached hydrogens (tertiary/aromatic N) is 1. The van der Waals surface area contributed by atoms with Crippen LogP contribution in [0.5, 0.6) is 0 Å². The summed E-state index contributed by atoms with van der Waals surface area (Å²) in [7, 11) is 1.59. The maximum absolute atomic E-state index is 12.9. The first kappa shape index (κ1) is 21.5. The highest BCUT2D eigenvalue weighted by Gasteiger charge is 2.25. The predicted molar refractivity (Wildman–Crippen MR) is 116 cm³/mol. The van der Waals surface area contributed by atoms with Crippen molar-refractivity contribution in [3.63, 3.8) is 0 Å². The summed E-state index contributed by atoms with van der Waals surface area (Å²) in [6.45, 7) is 4.21. The molecule has 2 aromatic carbocycles. The molecule has 0 aromatic heterocycles. The Hall–Kier alpha value is -1.79. The van der Waals surface area contributed by atoms with E-state index in [1.807, 2.05) is 55.5 Å². The van der Waals surface area contributed by atoms with E-state index in [4.69, 9.17) is 0 Å². The monoisotopic (exact) mass is 448 g/mol. The van der Waals surface area contributed by atoms with Crippen molar-refractivity contribution in [3.8, 4) is 0 Å². The number of carbonyl (C=O) groups excluding carboxylic acids is 2. The Bertz CT molecular complexity index is 780. The maximum Gasteiger partial charge on any atom is 0.242 e. The van der Waals surface area contributed by atoms with Crippen LogP contribution in [0.2, 0.25) is 0 Å². The molecule has 0 saturated heterocycles. The van der Waals surface area contributed by atoms with Gasteiger partial charge < -0.3 is 10.2 Å². The Morgan fingerprint density at radius 1 is 1.15 bits per heavy atom. The number of hydrogen-bond donors (Lipinski definition) is 1. The zero-order valence-corrected chi connectivity index (χ0v) is 18.3. The van der Waals surface area contributed by atoms with Gasteiger partial charge in [0.15, 0.2) is 0 Å². The summed E-state index contributed by atoms with van der Waals surface area (Å²) < 4.78 is 1.04. The van der Waals surface area contributed by atoms with Crippen molar-refractivity contribution in [2.75, 3.05) is 12.8 Å². The van der Waals surface area contributed by atoms with Gasteiger partial charge in [-0.25, -0.2) is 0 Å². The lowest BCUT2D eigenvalue weighted by Crippen LogP contribution is -2.47. The topological polar surface area (TPSA) is 49.4 Å². The van der Waals surface area contributed by atoms with E-state index in [1.165, 1.54) is 5.56 Å². The fraction of sp³-hybridized carbons (Fsp3) is 0.333. The molecule has 144 valence electrons. The second kappa shape index (κ2) is 10.5. The van der Waals surface area contributed by atoms with Crippen molar-refractivity contribution in [1.82, 2.24) is 10.2 Å². The van der Waals surface area contributed by atoms with Gasteiger partial charge in [-0.3, -0.25) is 9.59 Å². The van der Waals surface area contributed by atoms with Gasteiger partial charge in [-0.15, -0.1) is 11.8 Å². The van der Waals surface area contributed by atoms with Gasteiger partial charge in [-0.1, -0.05) is 57.9 Å². The number of carbonyl (C=O) groups is 2. The zero-order valence-electron chi connectivity index (χ0n) is 15.9. The molecule has 0 radical (unpaired) electrons. The Labute approximate surface area is 173 Å². The van der Waals surface area contributed by atoms with Gasteiger partial charge >= 0.3 is 0 Å². The van der Waals surface area contributed by atoms with Gasteiger partial charge in [0.25, 0.3) is 0 Å². The number of benzene rings is 2. The molecule has 0 aliphatic rings. The van der Waals surface area contributed by atoms with E-state index in [2.05, 4.69) is 21.2 Å². The molecule has 1 atom stereocenters. The lowest BCUT2D eigenvalue weighted by molar-refractivity contribution is -0.138. The van der Waals surface area contributed by atoms with Crippen molar-refractivity contribution < 1.29 is 9.59 Å². The Morgan fingerprint density at radius 2 is 1.85 bits per heavy atom. The molecule has 4 nitrogen and oxygen atoms in total. The second-order valence-corrected chi connectivity index (χ2v) is 8.32. The summed E-state index contributed by atoms with van der Waals surface area (Å²) >= 11 is 4.98. The van der Waals surface area contributed by atoms with Crippen LogP contribution >= 0.6 is 27.7 Å². The van der Waals surface area contributed by atoms with E-state index >= 15 is 0 Å². The molecule has 0 bridgehead atoms. The number of rotatable bonds is 8. The molecule has 27 heavy (non-hydrogen) atoms. The molecule has 2 amide bonds. The van der Waals surface area contributed by atoms with E-state index in [9.17, 15) is 9.59 Å². The summed E-state index contributed by atoms with van der Waals surface area (Å²) in [4.78, 5) is 26.6. The average Bonchev–Trinajstić information content (AvgIpc) is 2.66. The summed E-state index contributed by atoms with van der Waals surface area (Å²) in [5.41, 5.74) is 3.33. The first-order chi connectivity index (χ1) is 12.9.